The van der Waals surface area contributed by atoms with Crippen molar-refractivity contribution in [2.45, 2.75) is 73.2 Å². The molecule has 13 aromatic carbocycles. The number of aryl methyl sites for hydroxylation is 2. The summed E-state index contributed by atoms with van der Waals surface area (Å²) in [5.41, 5.74) is 11.1. The third-order valence-corrected chi connectivity index (χ3v) is 23.3. The van der Waals surface area contributed by atoms with Gasteiger partial charge in [-0.3, -0.25) is 18.2 Å². The van der Waals surface area contributed by atoms with Crippen LogP contribution in [-0.4, -0.2) is 95.0 Å². The van der Waals surface area contributed by atoms with Crippen molar-refractivity contribution in [3.63, 3.8) is 0 Å². The molecule has 0 fully saturated rings. The maximum Gasteiger partial charge on any atom is 0.296 e. The second-order valence-electron chi connectivity index (χ2n) is 29.9. The zero-order chi connectivity index (χ0) is 96.8. The molecular weight excluding hydrogens is 1850 g/mol. The van der Waals surface area contributed by atoms with Gasteiger partial charge in [-0.05, 0) is 262 Å². The lowest BCUT2D eigenvalue weighted by molar-refractivity contribution is 0.337. The Labute approximate surface area is 790 Å². The Morgan fingerprint density at radius 3 is 1.01 bits per heavy atom. The Morgan fingerprint density at radius 1 is 0.275 bits per heavy atom. The minimum absolute atomic E-state index is 0.0630. The molecule has 0 unspecified atom stereocenters. The Bertz CT molecular complexity index is 7300. The molecule has 0 aliphatic rings. The van der Waals surface area contributed by atoms with Crippen LogP contribution in [0.3, 0.4) is 0 Å². The van der Waals surface area contributed by atoms with Gasteiger partial charge in [0.15, 0.2) is 0 Å². The number of anilines is 6. The van der Waals surface area contributed by atoms with Crippen LogP contribution >= 0.6 is 0 Å². The van der Waals surface area contributed by atoms with Gasteiger partial charge in [0.25, 0.3) is 40.5 Å². The lowest BCUT2D eigenvalue weighted by Gasteiger charge is -2.15. The molecule has 0 amide bonds. The second kappa shape index (κ2) is 43.9. The summed E-state index contributed by atoms with van der Waals surface area (Å²) in [7, 11) is -18.4. The maximum atomic E-state index is 12.7. The summed E-state index contributed by atoms with van der Waals surface area (Å²) in [6, 6.07) is 78.3. The average Bonchev–Trinajstić information content (AvgIpc) is 0.821. The van der Waals surface area contributed by atoms with Gasteiger partial charge < -0.3 is 30.7 Å². The van der Waals surface area contributed by atoms with E-state index in [0.29, 0.717) is 91.2 Å². The van der Waals surface area contributed by atoms with Crippen LogP contribution in [0.25, 0.3) is 0 Å². The summed E-state index contributed by atoms with van der Waals surface area (Å²) >= 11 is 0. The average molecular weight is 1930 g/mol. The van der Waals surface area contributed by atoms with E-state index in [1.54, 1.807) is 153 Å². The second-order valence-corrected chi connectivity index (χ2v) is 35.5. The summed E-state index contributed by atoms with van der Waals surface area (Å²) < 4.78 is 148. The predicted molar refractivity (Wildman–Crippen MR) is 515 cm³/mol. The van der Waals surface area contributed by atoms with Crippen molar-refractivity contribution < 1.29 is 61.4 Å². The maximum absolute atomic E-state index is 12.7. The van der Waals surface area contributed by atoms with Crippen LogP contribution in [0.15, 0.2) is 393 Å². The minimum atomic E-state index is -4.83. The molecule has 0 bridgehead atoms. The van der Waals surface area contributed by atoms with Crippen LogP contribution in [0.5, 0.6) is 11.5 Å². The highest BCUT2D eigenvalue weighted by molar-refractivity contribution is 7.86. The number of nitrogens with zero attached hydrogens (tertiary/aromatic N) is 22. The van der Waals surface area contributed by atoms with Crippen LogP contribution in [-0.2, 0) is 66.4 Å². The van der Waals surface area contributed by atoms with Crippen molar-refractivity contribution in [2.75, 3.05) is 34.5 Å². The number of aromatic nitrogens is 6. The van der Waals surface area contributed by atoms with Gasteiger partial charge in [0, 0.05) is 49.3 Å². The fraction of sp³-hybridized carbons (Fsp3) is 0.106. The van der Waals surface area contributed by atoms with Crippen molar-refractivity contribution in [3.8, 4) is 11.5 Å². The molecule has 2 heterocycles. The number of nitrogens with one attached hydrogen (secondary N) is 4. The Balaban J connectivity index is 0.681. The molecule has 0 aliphatic carbocycles. The molecule has 0 atom stereocenters. The topological polar surface area (TPSA) is 559 Å². The number of hydrogen-bond donors (Lipinski definition) is 8. The third-order valence-electron chi connectivity index (χ3n) is 19.8. The van der Waals surface area contributed by atoms with Gasteiger partial charge in [-0.1, -0.05) is 72.8 Å². The molecule has 694 valence electrons. The van der Waals surface area contributed by atoms with Crippen LogP contribution in [0.1, 0.15) is 58.9 Å². The summed E-state index contributed by atoms with van der Waals surface area (Å²) in [6.07, 6.45) is 0.384. The summed E-state index contributed by atoms with van der Waals surface area (Å²) in [6.45, 7) is 8.27. The zero-order valence-corrected chi connectivity index (χ0v) is 76.6. The predicted octanol–water partition coefficient (Wildman–Crippen LogP) is 25.7. The molecule has 0 radical (unpaired) electrons. The van der Waals surface area contributed by atoms with Gasteiger partial charge in [0.2, 0.25) is 23.8 Å². The first-order valence-corrected chi connectivity index (χ1v) is 47.6. The van der Waals surface area contributed by atoms with E-state index in [1.807, 2.05) is 81.4 Å². The molecule has 15 aromatic rings. The van der Waals surface area contributed by atoms with E-state index in [9.17, 15) is 51.9 Å². The fourth-order valence-electron chi connectivity index (χ4n) is 13.0. The van der Waals surface area contributed by atoms with E-state index in [2.05, 4.69) is 103 Å². The van der Waals surface area contributed by atoms with Gasteiger partial charge in [-0.15, -0.1) is 10.2 Å². The lowest BCUT2D eigenvalue weighted by Crippen LogP contribution is -2.12. The molecule has 0 aliphatic heterocycles. The van der Waals surface area contributed by atoms with E-state index < -0.39 is 50.3 Å². The quantitative estimate of drug-likeness (QED) is 0.0132. The van der Waals surface area contributed by atoms with Crippen LogP contribution in [0, 0.1) is 13.8 Å². The van der Waals surface area contributed by atoms with Crippen molar-refractivity contribution in [1.82, 2.24) is 29.9 Å². The lowest BCUT2D eigenvalue weighted by atomic mass is 10.0. The van der Waals surface area contributed by atoms with Gasteiger partial charge in [-0.2, -0.15) is 130 Å². The van der Waals surface area contributed by atoms with Gasteiger partial charge in [0.05, 0.1) is 108 Å². The van der Waals surface area contributed by atoms with Crippen molar-refractivity contribution in [3.05, 3.63) is 336 Å². The molecule has 0 saturated carbocycles. The minimum Gasteiger partial charge on any atom is -0.494 e. The normalized spacial score (nSPS) is 12.2. The Hall–Kier alpha value is -16.9. The van der Waals surface area contributed by atoms with E-state index >= 15 is 0 Å². The van der Waals surface area contributed by atoms with Crippen LogP contribution < -0.4 is 30.7 Å². The molecule has 0 spiro atoms. The highest BCUT2D eigenvalue weighted by Gasteiger charge is 2.23. The van der Waals surface area contributed by atoms with Gasteiger partial charge in [-0.25, -0.2) is 4.98 Å². The van der Waals surface area contributed by atoms with Crippen LogP contribution in [0.4, 0.5) is 126 Å². The molecule has 15 rings (SSSR count). The van der Waals surface area contributed by atoms with Gasteiger partial charge >= 0.3 is 0 Å². The Morgan fingerprint density at radius 2 is 0.594 bits per heavy atom. The number of ether oxygens (including phenoxy) is 2. The fourth-order valence-corrected chi connectivity index (χ4v) is 15.3. The third kappa shape index (κ3) is 27.2. The smallest absolute Gasteiger partial charge is 0.296 e. The van der Waals surface area contributed by atoms with E-state index in [4.69, 9.17) is 39.4 Å². The number of benzene rings is 13. The molecule has 44 heteroatoms. The highest BCUT2D eigenvalue weighted by atomic mass is 32.2. The first kappa shape index (κ1) is 95.7. The highest BCUT2D eigenvalue weighted by Crippen LogP contribution is 2.39. The molecule has 2 aromatic heterocycles. The molecule has 138 heavy (non-hydrogen) atoms. The summed E-state index contributed by atoms with van der Waals surface area (Å²) in [5, 5.41) is 81.7. The standard InChI is InChI=1S/C94H80N26O14S4/c1-5-133-85-53-75(117-119-83-46-38-77(55-87(83)137(127,128)129)115-105-65-16-9-7-10-17-65)23-21-64(85)52-90-99-89(51-63-20-22-73(48-59(63)3)113-111-69-28-24-67(25-29-69)107-109-71-32-40-79(41-33-71)135(121,122)123)100-91(101-90)95-57-61-14-13-15-62(50-61)58-96-92-102-93(97-81-44-36-74(49-60(81)4)114-112-70-30-26-68(27-31-70)108-110-72-34-42-80(43-35-72)136(124,125)126)104-94(103-92)98-82-45-37-76(54-86(82)134-6-2)118-120-84-47-39-78(56-88(84)138(130,131)132)116-106-66-18-11-8-12-19-66/h7-50,53-56H,5-6,51-52,57-58H2,1-4H3,(H,121,122,123)(H,124,125,126)(H,127,128,129)(H,130,131,132)(H,95,99,100,101)(H3,96,97,98,102,103,104). The van der Waals surface area contributed by atoms with Crippen molar-refractivity contribution >= 4 is 167 Å². The molecule has 8 N–H and O–H groups in total. The molecule has 0 saturated heterocycles. The van der Waals surface area contributed by atoms with Crippen molar-refractivity contribution in [1.29, 1.82) is 0 Å². The van der Waals surface area contributed by atoms with Gasteiger partial charge in [0.1, 0.15) is 44.3 Å². The number of rotatable bonds is 38. The Kier molecular flexibility index (Phi) is 30.4. The largest absolute Gasteiger partial charge is 0.494 e. The number of azo groups is 8. The molecule has 40 nitrogen and oxygen atoms in total. The van der Waals surface area contributed by atoms with E-state index in [1.165, 1.54) is 72.8 Å². The first-order chi connectivity index (χ1) is 66.5. The molecular formula is C94H80N26O14S4. The summed E-state index contributed by atoms with van der Waals surface area (Å²) in [5.74, 6) is 2.02. The number of hydrogen-bond acceptors (Lipinski definition) is 36. The van der Waals surface area contributed by atoms with E-state index in [0.717, 1.165) is 39.9 Å². The van der Waals surface area contributed by atoms with Crippen molar-refractivity contribution in [2.24, 2.45) is 81.8 Å². The monoisotopic (exact) mass is 1920 g/mol. The van der Waals surface area contributed by atoms with Crippen LogP contribution in [0.2, 0.25) is 0 Å². The first-order valence-electron chi connectivity index (χ1n) is 41.8. The zero-order valence-electron chi connectivity index (χ0n) is 73.3. The SMILES string of the molecule is CCOc1cc(N=Nc2ccc(N=Nc3ccccc3)cc2S(=O)(=O)O)ccc1Cc1nc(Cc2ccc(N=Nc3ccc(N=Nc4ccc(S(=O)(=O)O)cc4)cc3)cc2C)nc(NCc2cccc(CNc3nc(Nc4ccc(N=Nc5ccc(N=Nc6ccc(S(=O)(=O)O)cc6)cc5)cc4C)nc(Nc4ccc(N=Nc5ccc(N=Nc6ccccc6)cc5S(=O)(=O)O)cc4OCC)n3)c2)n1. The summed E-state index contributed by atoms with van der Waals surface area (Å²) in [4.78, 5) is 27.8. The van der Waals surface area contributed by atoms with E-state index in [-0.39, 0.29) is 113 Å².